The Labute approximate surface area is 201 Å². The van der Waals surface area contributed by atoms with Crippen LogP contribution in [-0.2, 0) is 25.5 Å². The van der Waals surface area contributed by atoms with E-state index in [9.17, 15) is 14.4 Å². The lowest BCUT2D eigenvalue weighted by Gasteiger charge is -2.11. The predicted octanol–water partition coefficient (Wildman–Crippen LogP) is 4.33. The van der Waals surface area contributed by atoms with Crippen LogP contribution in [0.3, 0.4) is 0 Å². The number of methoxy groups -OCH3 is 2. The van der Waals surface area contributed by atoms with Crippen molar-refractivity contribution in [1.82, 2.24) is 0 Å². The molecule has 0 unspecified atom stereocenters. The molecule has 8 nitrogen and oxygen atoms in total. The first-order valence-corrected chi connectivity index (χ1v) is 11.3. The SMILES string of the molecule is CCOC(=O)c1c(-c2ccc(OC)c(OC)c2)csc1NC(=O)COC(=O)Cc1ccccc1. The van der Waals surface area contributed by atoms with E-state index in [4.69, 9.17) is 18.9 Å². The molecule has 0 aliphatic carbocycles. The highest BCUT2D eigenvalue weighted by Crippen LogP contribution is 2.39. The summed E-state index contributed by atoms with van der Waals surface area (Å²) in [5.41, 5.74) is 2.26. The Morgan fingerprint density at radius 3 is 2.35 bits per heavy atom. The van der Waals surface area contributed by atoms with Crippen molar-refractivity contribution in [3.63, 3.8) is 0 Å². The Bertz CT molecular complexity index is 1160. The van der Waals surface area contributed by atoms with Crippen molar-refractivity contribution in [3.8, 4) is 22.6 Å². The highest BCUT2D eigenvalue weighted by atomic mass is 32.1. The molecule has 1 heterocycles. The largest absolute Gasteiger partial charge is 0.493 e. The Morgan fingerprint density at radius 1 is 0.941 bits per heavy atom. The number of nitrogens with one attached hydrogen (secondary N) is 1. The topological polar surface area (TPSA) is 100 Å². The Morgan fingerprint density at radius 2 is 1.68 bits per heavy atom. The van der Waals surface area contributed by atoms with Crippen LogP contribution in [0, 0.1) is 0 Å². The molecule has 1 N–H and O–H groups in total. The van der Waals surface area contributed by atoms with E-state index in [1.807, 2.05) is 18.2 Å². The van der Waals surface area contributed by atoms with Gasteiger partial charge in [0.1, 0.15) is 10.6 Å². The zero-order chi connectivity index (χ0) is 24.5. The number of carbonyl (C=O) groups is 3. The van der Waals surface area contributed by atoms with Gasteiger partial charge in [-0.05, 0) is 30.2 Å². The van der Waals surface area contributed by atoms with Crippen LogP contribution < -0.4 is 14.8 Å². The van der Waals surface area contributed by atoms with Crippen LogP contribution in [0.1, 0.15) is 22.8 Å². The van der Waals surface area contributed by atoms with Crippen molar-refractivity contribution >= 4 is 34.2 Å². The first-order valence-electron chi connectivity index (χ1n) is 10.5. The third kappa shape index (κ3) is 6.14. The number of ether oxygens (including phenoxy) is 4. The Hall–Kier alpha value is -3.85. The number of hydrogen-bond donors (Lipinski definition) is 1. The van der Waals surface area contributed by atoms with Gasteiger partial charge >= 0.3 is 11.9 Å². The molecular formula is C25H25NO7S. The monoisotopic (exact) mass is 483 g/mol. The molecular weight excluding hydrogens is 458 g/mol. The lowest BCUT2D eigenvalue weighted by atomic mass is 10.0. The van der Waals surface area contributed by atoms with Crippen molar-refractivity contribution in [2.45, 2.75) is 13.3 Å². The van der Waals surface area contributed by atoms with Gasteiger partial charge in [0.25, 0.3) is 5.91 Å². The smallest absolute Gasteiger partial charge is 0.341 e. The van der Waals surface area contributed by atoms with Gasteiger partial charge in [-0.3, -0.25) is 9.59 Å². The van der Waals surface area contributed by atoms with E-state index < -0.39 is 24.5 Å². The molecule has 0 bridgehead atoms. The van der Waals surface area contributed by atoms with E-state index in [0.717, 1.165) is 5.56 Å². The van der Waals surface area contributed by atoms with Gasteiger partial charge in [-0.2, -0.15) is 0 Å². The fourth-order valence-corrected chi connectivity index (χ4v) is 4.17. The lowest BCUT2D eigenvalue weighted by Crippen LogP contribution is -2.22. The molecule has 0 saturated heterocycles. The number of anilines is 1. The van der Waals surface area contributed by atoms with E-state index in [0.29, 0.717) is 27.6 Å². The average molecular weight is 484 g/mol. The highest BCUT2D eigenvalue weighted by molar-refractivity contribution is 7.15. The second-order valence-corrected chi connectivity index (χ2v) is 7.89. The molecule has 0 radical (unpaired) electrons. The summed E-state index contributed by atoms with van der Waals surface area (Å²) in [4.78, 5) is 37.2. The fourth-order valence-electron chi connectivity index (χ4n) is 3.19. The van der Waals surface area contributed by atoms with Crippen molar-refractivity contribution in [3.05, 3.63) is 65.0 Å². The summed E-state index contributed by atoms with van der Waals surface area (Å²) < 4.78 is 20.9. The summed E-state index contributed by atoms with van der Waals surface area (Å²) in [6, 6.07) is 14.3. The maximum Gasteiger partial charge on any atom is 0.341 e. The maximum atomic E-state index is 12.7. The number of benzene rings is 2. The van der Waals surface area contributed by atoms with Gasteiger partial charge < -0.3 is 24.3 Å². The van der Waals surface area contributed by atoms with Gasteiger partial charge in [0.05, 0.1) is 27.2 Å². The van der Waals surface area contributed by atoms with Crippen molar-refractivity contribution in [2.75, 3.05) is 32.8 Å². The van der Waals surface area contributed by atoms with Crippen molar-refractivity contribution in [1.29, 1.82) is 0 Å². The Balaban J connectivity index is 1.76. The van der Waals surface area contributed by atoms with Crippen LogP contribution in [-0.4, -0.2) is 45.3 Å². The highest BCUT2D eigenvalue weighted by Gasteiger charge is 2.24. The minimum Gasteiger partial charge on any atom is -0.493 e. The summed E-state index contributed by atoms with van der Waals surface area (Å²) in [6.07, 6.45) is 0.0602. The molecule has 2 aromatic carbocycles. The standard InChI is InChI=1S/C25H25NO7S/c1-4-32-25(29)23-18(17-10-11-19(30-2)20(13-17)31-3)15-34-24(23)26-21(27)14-33-22(28)12-16-8-6-5-7-9-16/h5-11,13,15H,4,12,14H2,1-3H3,(H,26,27). The van der Waals surface area contributed by atoms with E-state index >= 15 is 0 Å². The van der Waals surface area contributed by atoms with Gasteiger partial charge in [-0.15, -0.1) is 11.3 Å². The first-order chi connectivity index (χ1) is 16.5. The minimum absolute atomic E-state index is 0.0602. The van der Waals surface area contributed by atoms with Gasteiger partial charge in [0.15, 0.2) is 18.1 Å². The van der Waals surface area contributed by atoms with Gasteiger partial charge in [0.2, 0.25) is 0 Å². The zero-order valence-corrected chi connectivity index (χ0v) is 19.9. The third-order valence-corrected chi connectivity index (χ3v) is 5.67. The number of rotatable bonds is 10. The van der Waals surface area contributed by atoms with Crippen molar-refractivity contribution < 1.29 is 33.3 Å². The molecule has 3 rings (SSSR count). The Kier molecular flexibility index (Phi) is 8.64. The summed E-state index contributed by atoms with van der Waals surface area (Å²) in [6.45, 7) is 1.40. The van der Waals surface area contributed by atoms with E-state index in [2.05, 4.69) is 5.32 Å². The number of thiophene rings is 1. The van der Waals surface area contributed by atoms with Crippen molar-refractivity contribution in [2.24, 2.45) is 0 Å². The molecule has 1 amide bonds. The molecule has 0 fully saturated rings. The van der Waals surface area contributed by atoms with E-state index in [1.54, 1.807) is 42.6 Å². The van der Waals surface area contributed by atoms with Crippen LogP contribution >= 0.6 is 11.3 Å². The first kappa shape index (κ1) is 24.8. The molecule has 0 spiro atoms. The molecule has 3 aromatic rings. The molecule has 0 aliphatic rings. The predicted molar refractivity (Wildman–Crippen MR) is 129 cm³/mol. The quantitative estimate of drug-likeness (QED) is 0.428. The van der Waals surface area contributed by atoms with E-state index in [1.165, 1.54) is 25.6 Å². The van der Waals surface area contributed by atoms with Crippen LogP contribution in [0.25, 0.3) is 11.1 Å². The van der Waals surface area contributed by atoms with Crippen LogP contribution in [0.5, 0.6) is 11.5 Å². The molecule has 9 heteroatoms. The lowest BCUT2D eigenvalue weighted by molar-refractivity contribution is -0.146. The number of amides is 1. The summed E-state index contributed by atoms with van der Waals surface area (Å²) >= 11 is 1.17. The number of esters is 2. The fraction of sp³-hybridized carbons (Fsp3) is 0.240. The zero-order valence-electron chi connectivity index (χ0n) is 19.1. The van der Waals surface area contributed by atoms with Crippen LogP contribution in [0.4, 0.5) is 5.00 Å². The maximum absolute atomic E-state index is 12.7. The van der Waals surface area contributed by atoms with Crippen LogP contribution in [0.2, 0.25) is 0 Å². The van der Waals surface area contributed by atoms with Gasteiger partial charge in [-0.1, -0.05) is 36.4 Å². The van der Waals surface area contributed by atoms with E-state index in [-0.39, 0.29) is 18.6 Å². The normalized spacial score (nSPS) is 10.3. The van der Waals surface area contributed by atoms with Gasteiger partial charge in [0, 0.05) is 10.9 Å². The summed E-state index contributed by atoms with van der Waals surface area (Å²) in [5.74, 6) is -0.622. The molecule has 34 heavy (non-hydrogen) atoms. The minimum atomic E-state index is -0.579. The number of hydrogen-bond acceptors (Lipinski definition) is 8. The molecule has 0 saturated carbocycles. The molecule has 1 aromatic heterocycles. The molecule has 0 atom stereocenters. The van der Waals surface area contributed by atoms with Gasteiger partial charge in [-0.25, -0.2) is 4.79 Å². The third-order valence-electron chi connectivity index (χ3n) is 4.77. The van der Waals surface area contributed by atoms with Crippen LogP contribution in [0.15, 0.2) is 53.9 Å². The average Bonchev–Trinajstić information content (AvgIpc) is 3.26. The molecule has 178 valence electrons. The second kappa shape index (κ2) is 11.9. The second-order valence-electron chi connectivity index (χ2n) is 7.01. The molecule has 0 aliphatic heterocycles. The number of carbonyl (C=O) groups excluding carboxylic acids is 3. The summed E-state index contributed by atoms with van der Waals surface area (Å²) in [5, 5.41) is 4.70. The summed E-state index contributed by atoms with van der Waals surface area (Å²) in [7, 11) is 3.05.